The monoisotopic (exact) mass is 400 g/mol. The van der Waals surface area contributed by atoms with Crippen molar-refractivity contribution in [2.75, 3.05) is 25.2 Å². The largest absolute Gasteiger partial charge is 0.475 e. The summed E-state index contributed by atoms with van der Waals surface area (Å²) in [6, 6.07) is 5.66. The third-order valence-electron chi connectivity index (χ3n) is 4.78. The van der Waals surface area contributed by atoms with Gasteiger partial charge in [0.05, 0.1) is 29.8 Å². The number of aryl methyl sites for hydroxylation is 1. The van der Waals surface area contributed by atoms with Crippen molar-refractivity contribution in [1.82, 2.24) is 24.5 Å². The predicted octanol–water partition coefficient (Wildman–Crippen LogP) is 3.34. The molecule has 0 aromatic carbocycles. The minimum absolute atomic E-state index is 0.00412. The Labute approximate surface area is 168 Å². The van der Waals surface area contributed by atoms with Gasteiger partial charge in [0.25, 0.3) is 0 Å². The molecule has 1 fully saturated rings. The van der Waals surface area contributed by atoms with Gasteiger partial charge in [0.15, 0.2) is 6.23 Å². The number of nitrogens with one attached hydrogen (secondary N) is 1. The van der Waals surface area contributed by atoms with Crippen LogP contribution >= 0.6 is 0 Å². The summed E-state index contributed by atoms with van der Waals surface area (Å²) in [6.45, 7) is 0.813. The smallest absolute Gasteiger partial charge is 0.213 e. The molecule has 0 aliphatic carbocycles. The molecule has 0 radical (unpaired) electrons. The van der Waals surface area contributed by atoms with Gasteiger partial charge in [0, 0.05) is 37.7 Å². The number of ether oxygens (including phenoxy) is 2. The van der Waals surface area contributed by atoms with E-state index in [9.17, 15) is 4.39 Å². The topological polar surface area (TPSA) is 79.0 Å². The molecule has 8 nitrogen and oxygen atoms in total. The predicted molar refractivity (Wildman–Crippen MR) is 106 cm³/mol. The highest BCUT2D eigenvalue weighted by Crippen LogP contribution is 2.28. The van der Waals surface area contributed by atoms with Gasteiger partial charge in [0.2, 0.25) is 5.88 Å². The summed E-state index contributed by atoms with van der Waals surface area (Å²) >= 11 is 0. The third-order valence-corrected chi connectivity index (χ3v) is 4.78. The van der Waals surface area contributed by atoms with Crippen LogP contribution in [0.2, 0.25) is 0 Å². The van der Waals surface area contributed by atoms with E-state index in [1.165, 1.54) is 0 Å². The quantitative estimate of drug-likeness (QED) is 0.625. The fourth-order valence-corrected chi connectivity index (χ4v) is 3.34. The van der Waals surface area contributed by atoms with Crippen molar-refractivity contribution in [3.63, 3.8) is 0 Å². The second-order valence-electron chi connectivity index (χ2n) is 6.97. The summed E-state index contributed by atoms with van der Waals surface area (Å²) in [5, 5.41) is 12.4. The maximum Gasteiger partial charge on any atom is 0.213 e. The van der Waals surface area contributed by atoms with Crippen molar-refractivity contribution in [1.29, 1.82) is 0 Å². The highest BCUT2D eigenvalue weighted by atomic mass is 19.1. The molecule has 3 aromatic heterocycles. The summed E-state index contributed by atoms with van der Waals surface area (Å²) < 4.78 is 27.1. The van der Waals surface area contributed by atoms with Crippen LogP contribution in [0.3, 0.4) is 0 Å². The lowest BCUT2D eigenvalue weighted by Gasteiger charge is -2.24. The lowest BCUT2D eigenvalue weighted by molar-refractivity contribution is -0.0408. The molecule has 1 unspecified atom stereocenters. The van der Waals surface area contributed by atoms with Gasteiger partial charge in [-0.15, -0.1) is 0 Å². The third kappa shape index (κ3) is 4.73. The molecule has 3 aromatic rings. The molecular weight excluding hydrogens is 375 g/mol. The summed E-state index contributed by atoms with van der Waals surface area (Å²) in [4.78, 5) is 4.24. The fourth-order valence-electron chi connectivity index (χ4n) is 3.34. The highest BCUT2D eigenvalue weighted by Gasteiger charge is 2.21. The number of alkyl halides is 1. The van der Waals surface area contributed by atoms with Crippen LogP contribution in [0.4, 0.5) is 10.1 Å². The van der Waals surface area contributed by atoms with Crippen molar-refractivity contribution in [3.8, 4) is 17.1 Å². The van der Waals surface area contributed by atoms with Crippen molar-refractivity contribution >= 4 is 5.69 Å². The van der Waals surface area contributed by atoms with Crippen molar-refractivity contribution in [3.05, 3.63) is 42.5 Å². The van der Waals surface area contributed by atoms with E-state index in [1.807, 2.05) is 30.1 Å². The molecule has 1 N–H and O–H groups in total. The Morgan fingerprint density at radius 1 is 1.31 bits per heavy atom. The summed E-state index contributed by atoms with van der Waals surface area (Å²) in [6.07, 6.45) is 8.49. The zero-order valence-corrected chi connectivity index (χ0v) is 16.4. The summed E-state index contributed by atoms with van der Waals surface area (Å²) in [7, 11) is 1.89. The van der Waals surface area contributed by atoms with Gasteiger partial charge < -0.3 is 14.8 Å². The van der Waals surface area contributed by atoms with E-state index in [4.69, 9.17) is 14.6 Å². The lowest BCUT2D eigenvalue weighted by atomic mass is 10.2. The minimum Gasteiger partial charge on any atom is -0.475 e. The molecule has 154 valence electrons. The molecule has 0 bridgehead atoms. The van der Waals surface area contributed by atoms with Gasteiger partial charge in [-0.1, -0.05) is 0 Å². The second-order valence-corrected chi connectivity index (χ2v) is 6.97. The first kappa shape index (κ1) is 19.4. The van der Waals surface area contributed by atoms with E-state index in [0.717, 1.165) is 48.5 Å². The van der Waals surface area contributed by atoms with Gasteiger partial charge in [0.1, 0.15) is 13.3 Å². The Hall–Kier alpha value is -2.94. The van der Waals surface area contributed by atoms with Crippen LogP contribution in [0.25, 0.3) is 11.3 Å². The second kappa shape index (κ2) is 9.04. The van der Waals surface area contributed by atoms with Crippen LogP contribution in [0.5, 0.6) is 5.88 Å². The molecule has 1 aliphatic rings. The molecule has 1 aliphatic heterocycles. The van der Waals surface area contributed by atoms with E-state index in [0.29, 0.717) is 12.4 Å². The van der Waals surface area contributed by atoms with Gasteiger partial charge in [-0.25, -0.2) is 14.1 Å². The Kier molecular flexibility index (Phi) is 6.04. The zero-order chi connectivity index (χ0) is 20.1. The fraction of sp³-hybridized carbons (Fsp3) is 0.450. The normalized spacial score (nSPS) is 16.7. The molecule has 0 amide bonds. The van der Waals surface area contributed by atoms with Crippen molar-refractivity contribution in [2.45, 2.75) is 32.0 Å². The maximum atomic E-state index is 12.3. The van der Waals surface area contributed by atoms with Crippen molar-refractivity contribution < 1.29 is 13.9 Å². The first-order valence-electron chi connectivity index (χ1n) is 9.80. The van der Waals surface area contributed by atoms with E-state index in [1.54, 1.807) is 23.1 Å². The Morgan fingerprint density at radius 3 is 2.93 bits per heavy atom. The van der Waals surface area contributed by atoms with Gasteiger partial charge >= 0.3 is 0 Å². The number of pyridine rings is 1. The lowest BCUT2D eigenvalue weighted by Crippen LogP contribution is -2.22. The van der Waals surface area contributed by atoms with Crippen LogP contribution in [0.1, 0.15) is 31.2 Å². The average Bonchev–Trinajstić information content (AvgIpc) is 3.38. The molecule has 0 saturated carbocycles. The maximum absolute atomic E-state index is 12.3. The SMILES string of the molecule is Cn1cc(NCc2cc(-c3ccc(OCCF)nc3)nn2C2CCCCO2)cn1. The van der Waals surface area contributed by atoms with E-state index in [-0.39, 0.29) is 12.8 Å². The van der Waals surface area contributed by atoms with E-state index >= 15 is 0 Å². The number of aromatic nitrogens is 5. The Morgan fingerprint density at radius 2 is 2.24 bits per heavy atom. The van der Waals surface area contributed by atoms with Crippen LogP contribution in [0.15, 0.2) is 36.8 Å². The Bertz CT molecular complexity index is 917. The van der Waals surface area contributed by atoms with E-state index in [2.05, 4.69) is 15.4 Å². The number of rotatable bonds is 8. The first-order chi connectivity index (χ1) is 14.2. The summed E-state index contributed by atoms with van der Waals surface area (Å²) in [5.74, 6) is 0.403. The first-order valence-corrected chi connectivity index (χ1v) is 9.80. The molecule has 4 rings (SSSR count). The van der Waals surface area contributed by atoms with Crippen LogP contribution in [-0.2, 0) is 18.3 Å². The number of anilines is 1. The molecule has 4 heterocycles. The van der Waals surface area contributed by atoms with Crippen LogP contribution in [0, 0.1) is 0 Å². The number of hydrogen-bond donors (Lipinski definition) is 1. The van der Waals surface area contributed by atoms with Gasteiger partial charge in [-0.3, -0.25) is 4.68 Å². The van der Waals surface area contributed by atoms with Gasteiger partial charge in [-0.2, -0.15) is 10.2 Å². The van der Waals surface area contributed by atoms with Crippen LogP contribution in [-0.4, -0.2) is 44.4 Å². The van der Waals surface area contributed by atoms with Crippen LogP contribution < -0.4 is 10.1 Å². The van der Waals surface area contributed by atoms with Gasteiger partial charge in [-0.05, 0) is 31.4 Å². The molecule has 9 heteroatoms. The number of halogens is 1. The standard InChI is InChI=1S/C20H25FN6O2/c1-26-14-16(12-24-26)22-13-17-10-18(25-27(17)20-4-2-3-8-29-20)15-5-6-19(23-11-15)28-9-7-21/h5-6,10-12,14,20,22H,2-4,7-9,13H2,1H3. The summed E-state index contributed by atoms with van der Waals surface area (Å²) in [5.41, 5.74) is 3.65. The number of hydrogen-bond acceptors (Lipinski definition) is 6. The zero-order valence-electron chi connectivity index (χ0n) is 16.4. The molecule has 0 spiro atoms. The minimum atomic E-state index is -0.539. The average molecular weight is 400 g/mol. The van der Waals surface area contributed by atoms with Crippen molar-refractivity contribution in [2.24, 2.45) is 7.05 Å². The molecular formula is C20H25FN6O2. The molecule has 29 heavy (non-hydrogen) atoms. The molecule has 1 saturated heterocycles. The number of nitrogens with zero attached hydrogens (tertiary/aromatic N) is 5. The molecule has 1 atom stereocenters. The van der Waals surface area contributed by atoms with E-state index < -0.39 is 6.67 Å². The Balaban J connectivity index is 1.56. The highest BCUT2D eigenvalue weighted by molar-refractivity contribution is 5.59.